The Morgan fingerprint density at radius 1 is 1.12 bits per heavy atom. The minimum atomic E-state index is 0.405. The van der Waals surface area contributed by atoms with Gasteiger partial charge in [-0.1, -0.05) is 88.0 Å². The second-order valence-electron chi connectivity index (χ2n) is 4.00. The van der Waals surface area contributed by atoms with Gasteiger partial charge in [-0.2, -0.15) is 0 Å². The Hall–Kier alpha value is 1.33. The van der Waals surface area contributed by atoms with Crippen molar-refractivity contribution in [2.45, 2.75) is 51.9 Å². The third kappa shape index (κ3) is 4.15. The second kappa shape index (κ2) is 7.81. The van der Waals surface area contributed by atoms with Crippen LogP contribution in [0.1, 0.15) is 63.6 Å². The van der Waals surface area contributed by atoms with E-state index >= 15 is 0 Å². The molecule has 0 aliphatic heterocycles. The minimum absolute atomic E-state index is 0.405. The fraction of sp³-hybridized carbons (Fsp3) is 0.818. The maximum atomic E-state index is 4.42. The molecule has 3 nitrogen and oxygen atoms in total. The van der Waals surface area contributed by atoms with Crippen LogP contribution in [0.3, 0.4) is 0 Å². The Morgan fingerprint density at radius 2 is 1.71 bits per heavy atom. The summed E-state index contributed by atoms with van der Waals surface area (Å²) in [5.41, 5.74) is 0. The van der Waals surface area contributed by atoms with Gasteiger partial charge in [-0.3, -0.25) is 0 Å². The van der Waals surface area contributed by atoms with E-state index in [9.17, 15) is 0 Å². The molecule has 1 aromatic heterocycles. The van der Waals surface area contributed by atoms with Crippen LogP contribution >= 0.6 is 67.8 Å². The lowest BCUT2D eigenvalue weighted by atomic mass is 10.2. The molecule has 1 heterocycles. The van der Waals surface area contributed by atoms with E-state index in [1.807, 2.05) is 0 Å². The molecule has 0 bridgehead atoms. The van der Waals surface area contributed by atoms with Crippen LogP contribution in [-0.2, 0) is 0 Å². The Bertz CT molecular complexity index is 352. The van der Waals surface area contributed by atoms with Crippen LogP contribution in [0.4, 0.5) is 0 Å². The summed E-state index contributed by atoms with van der Waals surface area (Å²) >= 11 is 7.39. The van der Waals surface area contributed by atoms with Crippen molar-refractivity contribution < 1.29 is 0 Å². The lowest BCUT2D eigenvalue weighted by Gasteiger charge is -2.18. The fourth-order valence-electron chi connectivity index (χ4n) is 1.65. The standard InChI is InChI=1S/C11H18I3N3/c1-4-6-8(13)11-16-15-10(7(3)12)17(11)9(14)5-2/h7-9H,4-6H2,1-3H3. The van der Waals surface area contributed by atoms with Crippen LogP contribution in [0.5, 0.6) is 0 Å². The summed E-state index contributed by atoms with van der Waals surface area (Å²) in [6.45, 7) is 6.60. The molecule has 0 aromatic carbocycles. The summed E-state index contributed by atoms with van der Waals surface area (Å²) in [6, 6.07) is 0. The molecule has 6 heteroatoms. The highest BCUT2D eigenvalue weighted by Gasteiger charge is 2.23. The van der Waals surface area contributed by atoms with Crippen molar-refractivity contribution in [2.75, 3.05) is 0 Å². The van der Waals surface area contributed by atoms with Gasteiger partial charge in [-0.25, -0.2) is 0 Å². The summed E-state index contributed by atoms with van der Waals surface area (Å²) in [5.74, 6) is 2.26. The molecule has 0 aliphatic carbocycles. The monoisotopic (exact) mass is 573 g/mol. The highest BCUT2D eigenvalue weighted by Crippen LogP contribution is 2.35. The largest absolute Gasteiger partial charge is 0.301 e. The number of hydrogen-bond acceptors (Lipinski definition) is 2. The highest BCUT2D eigenvalue weighted by molar-refractivity contribution is 14.1. The molecule has 17 heavy (non-hydrogen) atoms. The summed E-state index contributed by atoms with van der Waals surface area (Å²) in [4.78, 5) is 0. The molecule has 0 amide bonds. The lowest BCUT2D eigenvalue weighted by Crippen LogP contribution is -2.11. The van der Waals surface area contributed by atoms with E-state index in [2.05, 4.69) is 103 Å². The van der Waals surface area contributed by atoms with Gasteiger partial charge in [0.25, 0.3) is 0 Å². The summed E-state index contributed by atoms with van der Waals surface area (Å²) in [7, 11) is 0. The van der Waals surface area contributed by atoms with E-state index in [0.29, 0.717) is 11.9 Å². The van der Waals surface area contributed by atoms with Crippen LogP contribution in [0, 0.1) is 0 Å². The van der Waals surface area contributed by atoms with Gasteiger partial charge in [0.15, 0.2) is 0 Å². The van der Waals surface area contributed by atoms with Crippen LogP contribution in [-0.4, -0.2) is 14.8 Å². The van der Waals surface area contributed by atoms with Gasteiger partial charge in [-0.15, -0.1) is 10.2 Å². The van der Waals surface area contributed by atoms with Crippen molar-refractivity contribution in [3.05, 3.63) is 11.6 Å². The topological polar surface area (TPSA) is 30.7 Å². The van der Waals surface area contributed by atoms with Crippen molar-refractivity contribution in [1.29, 1.82) is 0 Å². The predicted molar refractivity (Wildman–Crippen MR) is 97.5 cm³/mol. The molecular weight excluding hydrogens is 555 g/mol. The smallest absolute Gasteiger partial charge is 0.146 e. The van der Waals surface area contributed by atoms with Crippen molar-refractivity contribution in [3.63, 3.8) is 0 Å². The molecule has 0 saturated heterocycles. The van der Waals surface area contributed by atoms with E-state index < -0.39 is 0 Å². The van der Waals surface area contributed by atoms with E-state index in [-0.39, 0.29) is 0 Å². The number of halogens is 3. The van der Waals surface area contributed by atoms with E-state index in [4.69, 9.17) is 0 Å². The number of nitrogens with zero attached hydrogens (tertiary/aromatic N) is 3. The molecule has 3 unspecified atom stereocenters. The molecule has 0 radical (unpaired) electrons. The average Bonchev–Trinajstić information content (AvgIpc) is 2.72. The maximum absolute atomic E-state index is 4.42. The van der Waals surface area contributed by atoms with E-state index in [1.54, 1.807) is 0 Å². The third-order valence-electron chi connectivity index (χ3n) is 2.54. The number of alkyl halides is 3. The van der Waals surface area contributed by atoms with Crippen molar-refractivity contribution >= 4 is 67.8 Å². The predicted octanol–water partition coefficient (Wildman–Crippen LogP) is 5.39. The zero-order valence-electron chi connectivity index (χ0n) is 10.3. The van der Waals surface area contributed by atoms with E-state index in [0.717, 1.165) is 18.1 Å². The molecule has 0 N–H and O–H groups in total. The Balaban J connectivity index is 3.12. The first-order valence-corrected chi connectivity index (χ1v) is 9.63. The fourth-order valence-corrected chi connectivity index (χ4v) is 3.70. The molecule has 98 valence electrons. The van der Waals surface area contributed by atoms with Crippen LogP contribution in [0.25, 0.3) is 0 Å². The SMILES string of the molecule is CCCC(I)c1nnc(C(C)I)n1C(I)CC. The second-order valence-corrected chi connectivity index (χ2v) is 8.81. The Labute approximate surface area is 144 Å². The molecule has 0 spiro atoms. The number of rotatable bonds is 6. The number of aromatic nitrogens is 3. The zero-order chi connectivity index (χ0) is 13.0. The molecule has 0 saturated carbocycles. The van der Waals surface area contributed by atoms with Crippen LogP contribution < -0.4 is 0 Å². The van der Waals surface area contributed by atoms with Gasteiger partial charge >= 0.3 is 0 Å². The lowest BCUT2D eigenvalue weighted by molar-refractivity contribution is 0.604. The highest BCUT2D eigenvalue weighted by atomic mass is 127. The van der Waals surface area contributed by atoms with Crippen LogP contribution in [0.2, 0.25) is 0 Å². The average molecular weight is 573 g/mol. The van der Waals surface area contributed by atoms with Gasteiger partial charge in [0.1, 0.15) is 11.6 Å². The first kappa shape index (κ1) is 16.4. The summed E-state index contributed by atoms with van der Waals surface area (Å²) in [6.07, 6.45) is 3.46. The maximum Gasteiger partial charge on any atom is 0.146 e. The quantitative estimate of drug-likeness (QED) is 0.338. The van der Waals surface area contributed by atoms with Gasteiger partial charge in [-0.05, 0) is 19.8 Å². The molecule has 1 aromatic rings. The molecule has 0 fully saturated rings. The van der Waals surface area contributed by atoms with Crippen molar-refractivity contribution in [3.8, 4) is 0 Å². The van der Waals surface area contributed by atoms with Gasteiger partial charge in [0, 0.05) is 0 Å². The van der Waals surface area contributed by atoms with Gasteiger partial charge in [0.2, 0.25) is 0 Å². The normalized spacial score (nSPS) is 16.8. The molecule has 3 atom stereocenters. The minimum Gasteiger partial charge on any atom is -0.301 e. The van der Waals surface area contributed by atoms with Crippen LogP contribution in [0.15, 0.2) is 0 Å². The van der Waals surface area contributed by atoms with E-state index in [1.165, 1.54) is 12.8 Å². The summed E-state index contributed by atoms with van der Waals surface area (Å²) < 4.78 is 3.67. The summed E-state index contributed by atoms with van der Waals surface area (Å²) in [5, 5.41) is 8.80. The Morgan fingerprint density at radius 3 is 2.18 bits per heavy atom. The van der Waals surface area contributed by atoms with Crippen molar-refractivity contribution in [1.82, 2.24) is 14.8 Å². The third-order valence-corrected chi connectivity index (χ3v) is 5.72. The number of hydrogen-bond donors (Lipinski definition) is 0. The van der Waals surface area contributed by atoms with Crippen molar-refractivity contribution in [2.24, 2.45) is 0 Å². The van der Waals surface area contributed by atoms with Gasteiger partial charge < -0.3 is 4.57 Å². The zero-order valence-corrected chi connectivity index (χ0v) is 16.8. The van der Waals surface area contributed by atoms with Gasteiger partial charge in [0.05, 0.1) is 11.9 Å². The molecule has 0 aliphatic rings. The Kier molecular flexibility index (Phi) is 7.52. The first-order chi connectivity index (χ1) is 8.02. The molecular formula is C11H18I3N3. The molecule has 1 rings (SSSR count). The first-order valence-electron chi connectivity index (χ1n) is 5.89.